The lowest BCUT2D eigenvalue weighted by molar-refractivity contribution is -1.64. The number of carbonyl (C=O) groups is 2. The fourth-order valence-electron chi connectivity index (χ4n) is 0.906. The summed E-state index contributed by atoms with van der Waals surface area (Å²) in [6.07, 6.45) is 0.236. The van der Waals surface area contributed by atoms with Gasteiger partial charge in [-0.2, -0.15) is 0 Å². The second-order valence-electron chi connectivity index (χ2n) is 2.43. The molecule has 1 unspecified atom stereocenters. The summed E-state index contributed by atoms with van der Waals surface area (Å²) >= 11 is -3.61. The van der Waals surface area contributed by atoms with Crippen LogP contribution in [-0.4, -0.2) is 22.9 Å². The number of hydrogen-bond acceptors (Lipinski definition) is 6. The number of hydroxylamine groups is 2. The molecule has 0 spiro atoms. The summed E-state index contributed by atoms with van der Waals surface area (Å²) in [6.45, 7) is 0. The standard InChI is InChI=1S/C5H7BrN2O5/c7-3-1-2-4(9)8(5(3)10)13-6(11)12/h3H,1-2,7H2. The van der Waals surface area contributed by atoms with E-state index in [-0.39, 0.29) is 17.9 Å². The van der Waals surface area contributed by atoms with Crippen LogP contribution in [0.25, 0.3) is 0 Å². The first-order valence-electron chi connectivity index (χ1n) is 3.38. The predicted octanol–water partition coefficient (Wildman–Crippen LogP) is -3.52. The van der Waals surface area contributed by atoms with E-state index in [1.165, 1.54) is 0 Å². The largest absolute Gasteiger partial charge is 0.473 e. The van der Waals surface area contributed by atoms with E-state index in [2.05, 4.69) is 3.93 Å². The van der Waals surface area contributed by atoms with Gasteiger partial charge in [-0.05, 0) is 6.42 Å². The second-order valence-corrected chi connectivity index (χ2v) is 3.51. The van der Waals surface area contributed by atoms with Gasteiger partial charge >= 0.3 is 14.8 Å². The molecule has 2 amide bonds. The Balaban J connectivity index is 2.67. The normalized spacial score (nSPS) is 24.3. The molecule has 13 heavy (non-hydrogen) atoms. The minimum absolute atomic E-state index is 0.0163. The Bertz CT molecular complexity index is 233. The molecule has 1 rings (SSSR count). The summed E-state index contributed by atoms with van der Waals surface area (Å²) in [5.41, 5.74) is 5.29. The Morgan fingerprint density at radius 3 is 2.69 bits per heavy atom. The quantitative estimate of drug-likeness (QED) is 0.511. The van der Waals surface area contributed by atoms with Gasteiger partial charge in [0.2, 0.25) is 0 Å². The maximum Gasteiger partial charge on any atom is 0.473 e. The predicted molar refractivity (Wildman–Crippen MR) is 30.1 cm³/mol. The molecule has 1 heterocycles. The highest BCUT2D eigenvalue weighted by Gasteiger charge is 2.39. The third-order valence-corrected chi connectivity index (χ3v) is 2.06. The van der Waals surface area contributed by atoms with Crippen molar-refractivity contribution in [3.63, 3.8) is 0 Å². The van der Waals surface area contributed by atoms with E-state index in [1.807, 2.05) is 0 Å². The smallest absolute Gasteiger partial charge is 0.370 e. The van der Waals surface area contributed by atoms with Crippen LogP contribution in [0.5, 0.6) is 0 Å². The first-order chi connectivity index (χ1) is 6.02. The molecule has 1 saturated heterocycles. The van der Waals surface area contributed by atoms with Crippen molar-refractivity contribution < 1.29 is 36.7 Å². The molecule has 1 aliphatic rings. The van der Waals surface area contributed by atoms with Gasteiger partial charge in [0.1, 0.15) is 3.93 Å². The van der Waals surface area contributed by atoms with E-state index in [1.54, 1.807) is 0 Å². The van der Waals surface area contributed by atoms with Crippen LogP contribution in [0.1, 0.15) is 12.8 Å². The molecular formula is C5H7BrN2O5. The highest BCUT2D eigenvalue weighted by Crippen LogP contribution is 2.12. The molecule has 1 atom stereocenters. The second kappa shape index (κ2) is 4.11. The van der Waals surface area contributed by atoms with Crippen LogP contribution in [0.3, 0.4) is 0 Å². The van der Waals surface area contributed by atoms with E-state index >= 15 is 0 Å². The molecule has 0 aromatic carbocycles. The minimum Gasteiger partial charge on any atom is -0.370 e. The molecule has 0 aliphatic carbocycles. The van der Waals surface area contributed by atoms with Gasteiger partial charge in [-0.15, -0.1) is 0 Å². The summed E-state index contributed by atoms with van der Waals surface area (Å²) in [5.74, 6) is -1.49. The van der Waals surface area contributed by atoms with Crippen molar-refractivity contribution in [1.82, 2.24) is 5.06 Å². The maximum absolute atomic E-state index is 11.1. The number of imide groups is 1. The number of amides is 2. The molecule has 0 radical (unpaired) electrons. The van der Waals surface area contributed by atoms with Crippen molar-refractivity contribution in [2.75, 3.05) is 0 Å². The number of hydrogen-bond donors (Lipinski definition) is 1. The van der Waals surface area contributed by atoms with Crippen molar-refractivity contribution >= 4 is 11.8 Å². The molecule has 8 heteroatoms. The van der Waals surface area contributed by atoms with E-state index in [0.29, 0.717) is 0 Å². The Morgan fingerprint density at radius 2 is 2.15 bits per heavy atom. The number of rotatable bonds is 2. The maximum atomic E-state index is 11.1. The van der Waals surface area contributed by atoms with Crippen LogP contribution >= 0.6 is 0 Å². The van der Waals surface area contributed by atoms with Crippen molar-refractivity contribution in [3.8, 4) is 0 Å². The molecular weight excluding hydrogens is 248 g/mol. The van der Waals surface area contributed by atoms with Crippen LogP contribution < -0.4 is 14.1 Å². The highest BCUT2D eigenvalue weighted by atomic mass is 80.0. The summed E-state index contributed by atoms with van der Waals surface area (Å²) in [4.78, 5) is 22.0. The van der Waals surface area contributed by atoms with Crippen LogP contribution in [0, 0.1) is 14.8 Å². The van der Waals surface area contributed by atoms with Crippen molar-refractivity contribution in [2.45, 2.75) is 18.9 Å². The summed E-state index contributed by atoms with van der Waals surface area (Å²) in [7, 11) is 0. The molecule has 74 valence electrons. The van der Waals surface area contributed by atoms with Crippen LogP contribution in [-0.2, 0) is 13.5 Å². The minimum atomic E-state index is -3.61. The number of piperidine rings is 1. The Labute approximate surface area is 78.8 Å². The lowest BCUT2D eigenvalue weighted by Crippen LogP contribution is -2.54. The first kappa shape index (κ1) is 10.5. The zero-order valence-electron chi connectivity index (χ0n) is 6.44. The average Bonchev–Trinajstić information content (AvgIpc) is 2.05. The van der Waals surface area contributed by atoms with Gasteiger partial charge in [0.25, 0.3) is 11.8 Å². The average molecular weight is 255 g/mol. The van der Waals surface area contributed by atoms with Gasteiger partial charge in [0.15, 0.2) is 0 Å². The molecule has 0 saturated carbocycles. The van der Waals surface area contributed by atoms with Gasteiger partial charge in [0.05, 0.1) is 6.04 Å². The van der Waals surface area contributed by atoms with E-state index < -0.39 is 32.7 Å². The van der Waals surface area contributed by atoms with E-state index in [4.69, 9.17) is 5.73 Å². The van der Waals surface area contributed by atoms with E-state index in [0.717, 1.165) is 0 Å². The number of halogens is 1. The lowest BCUT2D eigenvalue weighted by Gasteiger charge is -2.21. The molecule has 1 aliphatic heterocycles. The Hall–Kier alpha value is -0.540. The van der Waals surface area contributed by atoms with Gasteiger partial charge in [0, 0.05) is 6.42 Å². The van der Waals surface area contributed by atoms with Crippen molar-refractivity contribution in [2.24, 2.45) is 5.73 Å². The number of nitrogens with zero attached hydrogens (tertiary/aromatic N) is 1. The van der Waals surface area contributed by atoms with Crippen LogP contribution in [0.4, 0.5) is 0 Å². The third kappa shape index (κ3) is 2.45. The van der Waals surface area contributed by atoms with E-state index in [9.17, 15) is 18.0 Å². The van der Waals surface area contributed by atoms with Gasteiger partial charge in [-0.1, -0.05) is 5.06 Å². The fraction of sp³-hybridized carbons (Fsp3) is 0.600. The monoisotopic (exact) mass is 254 g/mol. The molecule has 2 N–H and O–H groups in total. The van der Waals surface area contributed by atoms with Crippen molar-refractivity contribution in [1.29, 1.82) is 0 Å². The van der Waals surface area contributed by atoms with Gasteiger partial charge in [-0.3, -0.25) is 9.59 Å². The summed E-state index contributed by atoms with van der Waals surface area (Å²) in [6, 6.07) is -0.862. The summed E-state index contributed by atoms with van der Waals surface area (Å²) in [5, 5.41) is 0.212. The number of carbonyl (C=O) groups excluding carboxylic acids is 2. The number of nitrogens with two attached hydrogens (primary N) is 1. The third-order valence-electron chi connectivity index (χ3n) is 1.54. The molecule has 0 aromatic rings. The molecule has 1 fully saturated rings. The van der Waals surface area contributed by atoms with Crippen LogP contribution in [0.2, 0.25) is 0 Å². The SMILES string of the molecule is NC1CCC(=O)N(O[Br+2]([O-])[O-])C1=O. The topological polar surface area (TPSA) is 119 Å². The first-order valence-corrected chi connectivity index (χ1v) is 5.33. The zero-order valence-corrected chi connectivity index (χ0v) is 8.02. The molecule has 0 bridgehead atoms. The summed E-state index contributed by atoms with van der Waals surface area (Å²) < 4.78 is 24.3. The fourth-order valence-corrected chi connectivity index (χ4v) is 1.45. The Kier molecular flexibility index (Phi) is 3.33. The van der Waals surface area contributed by atoms with Crippen molar-refractivity contribution in [3.05, 3.63) is 0 Å². The van der Waals surface area contributed by atoms with Gasteiger partial charge < -0.3 is 14.1 Å². The molecule has 7 nitrogen and oxygen atoms in total. The van der Waals surface area contributed by atoms with Crippen LogP contribution in [0.15, 0.2) is 0 Å². The molecule has 0 aromatic heterocycles. The zero-order chi connectivity index (χ0) is 10.0. The van der Waals surface area contributed by atoms with Gasteiger partial charge in [-0.25, -0.2) is 0 Å². The highest BCUT2D eigenvalue weighted by molar-refractivity contribution is 5.98. The lowest BCUT2D eigenvalue weighted by atomic mass is 10.1. The Morgan fingerprint density at radius 1 is 1.54 bits per heavy atom.